The summed E-state index contributed by atoms with van der Waals surface area (Å²) in [6, 6.07) is 7.63. The van der Waals surface area contributed by atoms with Gasteiger partial charge in [-0.3, -0.25) is 0 Å². The zero-order chi connectivity index (χ0) is 9.97. The molecular formula is C10H11N3O. The molecule has 4 heteroatoms. The van der Waals surface area contributed by atoms with E-state index in [1.807, 2.05) is 31.3 Å². The van der Waals surface area contributed by atoms with Crippen LogP contribution in [0.1, 0.15) is 5.56 Å². The van der Waals surface area contributed by atoms with Gasteiger partial charge in [0, 0.05) is 12.6 Å². The Kier molecular flexibility index (Phi) is 2.28. The molecule has 2 rings (SSSR count). The Balaban J connectivity index is 2.47. The molecule has 72 valence electrons. The highest BCUT2D eigenvalue weighted by molar-refractivity contribution is 5.55. The molecule has 0 fully saturated rings. The van der Waals surface area contributed by atoms with Crippen LogP contribution < -0.4 is 0 Å². The van der Waals surface area contributed by atoms with Gasteiger partial charge in [-0.15, -0.1) is 0 Å². The monoisotopic (exact) mass is 189 g/mol. The molecule has 0 radical (unpaired) electrons. The molecule has 2 aromatic rings. The maximum atomic E-state index is 8.99. The minimum Gasteiger partial charge on any atom is -0.392 e. The van der Waals surface area contributed by atoms with Crippen LogP contribution >= 0.6 is 0 Å². The number of nitrogens with zero attached hydrogens (tertiary/aromatic N) is 3. The second-order valence-corrected chi connectivity index (χ2v) is 3.07. The summed E-state index contributed by atoms with van der Waals surface area (Å²) >= 11 is 0. The molecule has 0 atom stereocenters. The van der Waals surface area contributed by atoms with Gasteiger partial charge in [0.25, 0.3) is 0 Å². The van der Waals surface area contributed by atoms with Crippen LogP contribution in [-0.4, -0.2) is 19.9 Å². The van der Waals surface area contributed by atoms with Gasteiger partial charge in [-0.05, 0) is 11.6 Å². The first-order valence-electron chi connectivity index (χ1n) is 4.35. The highest BCUT2D eigenvalue weighted by Crippen LogP contribution is 2.16. The summed E-state index contributed by atoms with van der Waals surface area (Å²) in [5, 5.41) is 13.0. The molecule has 1 aromatic heterocycles. The summed E-state index contributed by atoms with van der Waals surface area (Å²) in [5.74, 6) is 0.806. The van der Waals surface area contributed by atoms with Crippen molar-refractivity contribution in [3.8, 4) is 11.4 Å². The van der Waals surface area contributed by atoms with Gasteiger partial charge < -0.3 is 5.11 Å². The van der Waals surface area contributed by atoms with E-state index < -0.39 is 0 Å². The topological polar surface area (TPSA) is 50.9 Å². The van der Waals surface area contributed by atoms with E-state index in [0.717, 1.165) is 17.0 Å². The molecule has 0 aliphatic rings. The highest BCUT2D eigenvalue weighted by Gasteiger charge is 2.03. The molecule has 0 saturated carbocycles. The molecule has 0 aliphatic carbocycles. The molecule has 14 heavy (non-hydrogen) atoms. The van der Waals surface area contributed by atoms with Crippen LogP contribution in [0.15, 0.2) is 30.6 Å². The van der Waals surface area contributed by atoms with Crippen molar-refractivity contribution < 1.29 is 5.11 Å². The molecule has 0 unspecified atom stereocenters. The van der Waals surface area contributed by atoms with Crippen molar-refractivity contribution in [3.63, 3.8) is 0 Å². The van der Waals surface area contributed by atoms with E-state index >= 15 is 0 Å². The number of rotatable bonds is 2. The Bertz CT molecular complexity index is 436. The third-order valence-corrected chi connectivity index (χ3v) is 2.08. The predicted octanol–water partition coefficient (Wildman–Crippen LogP) is 0.974. The molecule has 4 nitrogen and oxygen atoms in total. The highest BCUT2D eigenvalue weighted by atomic mass is 16.3. The minimum atomic E-state index is 0.0473. The van der Waals surface area contributed by atoms with Crippen molar-refractivity contribution in [2.75, 3.05) is 0 Å². The minimum absolute atomic E-state index is 0.0473. The molecular weight excluding hydrogens is 178 g/mol. The zero-order valence-corrected chi connectivity index (χ0v) is 7.88. The number of benzene rings is 1. The second kappa shape index (κ2) is 3.59. The Hall–Kier alpha value is -1.68. The van der Waals surface area contributed by atoms with E-state index in [2.05, 4.69) is 10.1 Å². The number of hydrogen-bond donors (Lipinski definition) is 1. The first-order valence-corrected chi connectivity index (χ1v) is 4.35. The molecule has 0 aliphatic heterocycles. The van der Waals surface area contributed by atoms with Crippen LogP contribution in [-0.2, 0) is 13.7 Å². The van der Waals surface area contributed by atoms with Crippen LogP contribution in [0.2, 0.25) is 0 Å². The van der Waals surface area contributed by atoms with E-state index in [0.29, 0.717) is 0 Å². The van der Waals surface area contributed by atoms with E-state index in [1.54, 1.807) is 4.68 Å². The van der Waals surface area contributed by atoms with Gasteiger partial charge >= 0.3 is 0 Å². The predicted molar refractivity (Wildman–Crippen MR) is 52.4 cm³/mol. The van der Waals surface area contributed by atoms with Crippen LogP contribution in [0.4, 0.5) is 0 Å². The standard InChI is InChI=1S/C10H11N3O/c1-13-10(11-7-12-13)9-4-2-3-8(5-9)6-14/h2-5,7,14H,6H2,1H3. The third kappa shape index (κ3) is 1.52. The summed E-state index contributed by atoms with van der Waals surface area (Å²) in [5.41, 5.74) is 1.85. The van der Waals surface area contributed by atoms with Crippen LogP contribution in [0.5, 0.6) is 0 Å². The molecule has 1 heterocycles. The van der Waals surface area contributed by atoms with E-state index in [9.17, 15) is 0 Å². The Morgan fingerprint density at radius 1 is 1.43 bits per heavy atom. The third-order valence-electron chi connectivity index (χ3n) is 2.08. The summed E-state index contributed by atoms with van der Waals surface area (Å²) < 4.78 is 1.70. The maximum Gasteiger partial charge on any atom is 0.157 e. The number of aliphatic hydroxyl groups excluding tert-OH is 1. The summed E-state index contributed by atoms with van der Waals surface area (Å²) in [7, 11) is 1.84. The Labute approximate surface area is 81.8 Å². The fourth-order valence-electron chi connectivity index (χ4n) is 1.37. The van der Waals surface area contributed by atoms with E-state index in [1.165, 1.54) is 6.33 Å². The van der Waals surface area contributed by atoms with Crippen LogP contribution in [0.3, 0.4) is 0 Å². The van der Waals surface area contributed by atoms with E-state index in [-0.39, 0.29) is 6.61 Å². The van der Waals surface area contributed by atoms with Gasteiger partial charge in [-0.2, -0.15) is 5.10 Å². The van der Waals surface area contributed by atoms with Crippen molar-refractivity contribution in [2.45, 2.75) is 6.61 Å². The average molecular weight is 189 g/mol. The van der Waals surface area contributed by atoms with Crippen molar-refractivity contribution in [1.29, 1.82) is 0 Å². The van der Waals surface area contributed by atoms with Crippen molar-refractivity contribution >= 4 is 0 Å². The lowest BCUT2D eigenvalue weighted by atomic mass is 10.1. The SMILES string of the molecule is Cn1ncnc1-c1cccc(CO)c1. The normalized spacial score (nSPS) is 10.4. The molecule has 0 saturated heterocycles. The lowest BCUT2D eigenvalue weighted by Gasteiger charge is -2.01. The summed E-state index contributed by atoms with van der Waals surface area (Å²) in [6.07, 6.45) is 1.51. The largest absolute Gasteiger partial charge is 0.392 e. The smallest absolute Gasteiger partial charge is 0.157 e. The number of aryl methyl sites for hydroxylation is 1. The number of aromatic nitrogens is 3. The molecule has 1 aromatic carbocycles. The number of hydrogen-bond acceptors (Lipinski definition) is 3. The first-order chi connectivity index (χ1) is 6.81. The average Bonchev–Trinajstić information content (AvgIpc) is 2.65. The fraction of sp³-hybridized carbons (Fsp3) is 0.200. The summed E-state index contributed by atoms with van der Waals surface area (Å²) in [6.45, 7) is 0.0473. The maximum absolute atomic E-state index is 8.99. The van der Waals surface area contributed by atoms with Gasteiger partial charge in [0.1, 0.15) is 6.33 Å². The zero-order valence-electron chi connectivity index (χ0n) is 7.88. The number of aliphatic hydroxyl groups is 1. The first kappa shape index (κ1) is 8.90. The van der Waals surface area contributed by atoms with Gasteiger partial charge in [-0.25, -0.2) is 9.67 Å². The van der Waals surface area contributed by atoms with Crippen molar-refractivity contribution in [1.82, 2.24) is 14.8 Å². The quantitative estimate of drug-likeness (QED) is 0.766. The molecule has 0 amide bonds. The van der Waals surface area contributed by atoms with Gasteiger partial charge in [-0.1, -0.05) is 18.2 Å². The molecule has 1 N–H and O–H groups in total. The Morgan fingerprint density at radius 2 is 2.29 bits per heavy atom. The van der Waals surface area contributed by atoms with E-state index in [4.69, 9.17) is 5.11 Å². The van der Waals surface area contributed by atoms with Crippen LogP contribution in [0.25, 0.3) is 11.4 Å². The summed E-state index contributed by atoms with van der Waals surface area (Å²) in [4.78, 5) is 4.13. The van der Waals surface area contributed by atoms with Crippen molar-refractivity contribution in [3.05, 3.63) is 36.2 Å². The van der Waals surface area contributed by atoms with Crippen molar-refractivity contribution in [2.24, 2.45) is 7.05 Å². The van der Waals surface area contributed by atoms with Gasteiger partial charge in [0.05, 0.1) is 6.61 Å². The Morgan fingerprint density at radius 3 is 2.93 bits per heavy atom. The molecule has 0 bridgehead atoms. The second-order valence-electron chi connectivity index (χ2n) is 3.07. The van der Waals surface area contributed by atoms with Gasteiger partial charge in [0.15, 0.2) is 5.82 Å². The lowest BCUT2D eigenvalue weighted by molar-refractivity contribution is 0.282. The fourth-order valence-corrected chi connectivity index (χ4v) is 1.37. The lowest BCUT2D eigenvalue weighted by Crippen LogP contribution is -1.95. The molecule has 0 spiro atoms. The van der Waals surface area contributed by atoms with Gasteiger partial charge in [0.2, 0.25) is 0 Å². The van der Waals surface area contributed by atoms with Crippen LogP contribution in [0, 0.1) is 0 Å².